The maximum Gasteiger partial charge on any atom is 0.253 e. The summed E-state index contributed by atoms with van der Waals surface area (Å²) in [5, 5.41) is 2.79. The summed E-state index contributed by atoms with van der Waals surface area (Å²) in [7, 11) is 0. The molecule has 0 aliphatic rings. The monoisotopic (exact) mass is 381 g/mol. The molecule has 1 rings (SSSR count). The molecule has 3 nitrogen and oxygen atoms in total. The number of ether oxygens (including phenoxy) is 1. The van der Waals surface area contributed by atoms with Crippen molar-refractivity contribution in [3.05, 3.63) is 31.4 Å². The van der Waals surface area contributed by atoms with Crippen LogP contribution in [-0.4, -0.2) is 25.7 Å². The molecule has 0 spiro atoms. The van der Waals surface area contributed by atoms with Crippen molar-refractivity contribution in [1.82, 2.24) is 5.32 Å². The molecule has 1 N–H and O–H groups in total. The van der Waals surface area contributed by atoms with E-state index in [9.17, 15) is 4.79 Å². The van der Waals surface area contributed by atoms with E-state index in [1.807, 2.05) is 6.92 Å². The Morgan fingerprint density at radius 1 is 1.59 bits per heavy atom. The van der Waals surface area contributed by atoms with Crippen LogP contribution in [0.1, 0.15) is 17.3 Å². The Hall–Kier alpha value is -0.170. The van der Waals surface area contributed by atoms with Crippen molar-refractivity contribution in [3.8, 4) is 0 Å². The molecule has 0 saturated carbocycles. The van der Waals surface area contributed by atoms with Crippen LogP contribution in [0.15, 0.2) is 25.8 Å². The molecular formula is C11H13Br2NO2S. The van der Waals surface area contributed by atoms with Gasteiger partial charge in [0.2, 0.25) is 0 Å². The summed E-state index contributed by atoms with van der Waals surface area (Å²) < 4.78 is 7.03. The molecular weight excluding hydrogens is 370 g/mol. The van der Waals surface area contributed by atoms with Gasteiger partial charge in [-0.2, -0.15) is 0 Å². The van der Waals surface area contributed by atoms with Gasteiger partial charge in [0.15, 0.2) is 0 Å². The van der Waals surface area contributed by atoms with Crippen molar-refractivity contribution in [2.24, 2.45) is 0 Å². The minimum absolute atomic E-state index is 0.0993. The molecule has 94 valence electrons. The quantitative estimate of drug-likeness (QED) is 0.603. The highest BCUT2D eigenvalue weighted by molar-refractivity contribution is 9.12. The van der Waals surface area contributed by atoms with Crippen LogP contribution >= 0.6 is 43.2 Å². The van der Waals surface area contributed by atoms with Gasteiger partial charge in [-0.15, -0.1) is 11.3 Å². The maximum atomic E-state index is 11.7. The first-order chi connectivity index (χ1) is 8.00. The highest BCUT2D eigenvalue weighted by atomic mass is 79.9. The van der Waals surface area contributed by atoms with Crippen LogP contribution in [0.5, 0.6) is 0 Å². The van der Waals surface area contributed by atoms with E-state index in [4.69, 9.17) is 4.74 Å². The third kappa shape index (κ3) is 5.33. The van der Waals surface area contributed by atoms with Crippen LogP contribution < -0.4 is 5.32 Å². The normalized spacial score (nSPS) is 10.3. The summed E-state index contributed by atoms with van der Waals surface area (Å²) in [5.74, 6) is -0.0993. The van der Waals surface area contributed by atoms with Crippen LogP contribution in [0.25, 0.3) is 0 Å². The fraction of sp³-hybridized carbons (Fsp3) is 0.364. The zero-order chi connectivity index (χ0) is 12.8. The van der Waals surface area contributed by atoms with Crippen molar-refractivity contribution < 1.29 is 9.53 Å². The molecule has 0 aliphatic carbocycles. The van der Waals surface area contributed by atoms with E-state index in [1.54, 1.807) is 6.07 Å². The van der Waals surface area contributed by atoms with Gasteiger partial charge in [0, 0.05) is 6.54 Å². The van der Waals surface area contributed by atoms with Gasteiger partial charge in [-0.3, -0.25) is 4.79 Å². The number of halogens is 2. The Kier molecular flexibility index (Phi) is 6.40. The summed E-state index contributed by atoms with van der Waals surface area (Å²) in [6.45, 7) is 7.14. The first-order valence-electron chi connectivity index (χ1n) is 4.96. The van der Waals surface area contributed by atoms with E-state index >= 15 is 0 Å². The average molecular weight is 383 g/mol. The number of hydrogen-bond acceptors (Lipinski definition) is 3. The molecule has 6 heteroatoms. The van der Waals surface area contributed by atoms with Gasteiger partial charge >= 0.3 is 0 Å². The predicted molar refractivity (Wildman–Crippen MR) is 77.7 cm³/mol. The van der Waals surface area contributed by atoms with Crippen LogP contribution in [0, 0.1) is 0 Å². The Morgan fingerprint density at radius 3 is 2.82 bits per heavy atom. The van der Waals surface area contributed by atoms with Crippen molar-refractivity contribution in [1.29, 1.82) is 0 Å². The number of rotatable bonds is 6. The molecule has 0 fully saturated rings. The van der Waals surface area contributed by atoms with Gasteiger partial charge in [-0.25, -0.2) is 0 Å². The van der Waals surface area contributed by atoms with Crippen LogP contribution in [-0.2, 0) is 4.74 Å². The molecule has 1 aromatic heterocycles. The second kappa shape index (κ2) is 7.31. The smallest absolute Gasteiger partial charge is 0.253 e. The van der Waals surface area contributed by atoms with Gasteiger partial charge < -0.3 is 10.1 Å². The Labute approximate surface area is 121 Å². The molecule has 17 heavy (non-hydrogen) atoms. The van der Waals surface area contributed by atoms with Crippen LogP contribution in [0.3, 0.4) is 0 Å². The third-order valence-electron chi connectivity index (χ3n) is 1.78. The van der Waals surface area contributed by atoms with Crippen LogP contribution in [0.2, 0.25) is 0 Å². The predicted octanol–water partition coefficient (Wildman–Crippen LogP) is 3.60. The summed E-state index contributed by atoms with van der Waals surface area (Å²) in [4.78, 5) is 11.7. The molecule has 0 aliphatic heterocycles. The average Bonchev–Trinajstić information content (AvgIpc) is 2.56. The summed E-state index contributed by atoms with van der Waals surface area (Å²) in [6.07, 6.45) is 0. The van der Waals surface area contributed by atoms with Crippen molar-refractivity contribution in [2.75, 3.05) is 19.8 Å². The van der Waals surface area contributed by atoms with Crippen molar-refractivity contribution in [3.63, 3.8) is 0 Å². The largest absolute Gasteiger partial charge is 0.375 e. The maximum absolute atomic E-state index is 11.7. The van der Waals surface area contributed by atoms with Crippen LogP contribution in [0.4, 0.5) is 0 Å². The standard InChI is InChI=1S/C11H13Br2NO2S/c1-7(2)6-16-4-3-14-11(15)8-5-9(12)17-10(8)13/h5H,1,3-4,6H2,2H3,(H,14,15). The van der Waals surface area contributed by atoms with E-state index in [2.05, 4.69) is 43.8 Å². The van der Waals surface area contributed by atoms with Crippen molar-refractivity contribution in [2.45, 2.75) is 6.92 Å². The Balaban J connectivity index is 2.30. The minimum Gasteiger partial charge on any atom is -0.375 e. The van der Waals surface area contributed by atoms with E-state index in [-0.39, 0.29) is 5.91 Å². The zero-order valence-electron chi connectivity index (χ0n) is 9.39. The van der Waals surface area contributed by atoms with Crippen molar-refractivity contribution >= 4 is 49.1 Å². The molecule has 0 atom stereocenters. The van der Waals surface area contributed by atoms with Gasteiger partial charge in [-0.1, -0.05) is 12.2 Å². The summed E-state index contributed by atoms with van der Waals surface area (Å²) >= 11 is 8.15. The topological polar surface area (TPSA) is 38.3 Å². The van der Waals surface area contributed by atoms with Gasteiger partial charge in [0.25, 0.3) is 5.91 Å². The lowest BCUT2D eigenvalue weighted by Gasteiger charge is -2.05. The van der Waals surface area contributed by atoms with E-state index in [0.717, 1.165) is 13.1 Å². The first-order valence-corrected chi connectivity index (χ1v) is 7.36. The fourth-order valence-electron chi connectivity index (χ4n) is 1.07. The Bertz CT molecular complexity index is 418. The second-order valence-electron chi connectivity index (χ2n) is 3.50. The lowest BCUT2D eigenvalue weighted by atomic mass is 10.3. The lowest BCUT2D eigenvalue weighted by Crippen LogP contribution is -2.27. The van der Waals surface area contributed by atoms with Gasteiger partial charge in [-0.05, 0) is 44.8 Å². The molecule has 0 bridgehead atoms. The molecule has 1 aromatic rings. The Morgan fingerprint density at radius 2 is 2.29 bits per heavy atom. The summed E-state index contributed by atoms with van der Waals surface area (Å²) in [6, 6.07) is 1.79. The molecule has 1 heterocycles. The molecule has 0 unspecified atom stereocenters. The summed E-state index contributed by atoms with van der Waals surface area (Å²) in [5.41, 5.74) is 1.61. The molecule has 0 aromatic carbocycles. The minimum atomic E-state index is -0.0993. The fourth-order valence-corrected chi connectivity index (χ4v) is 3.87. The highest BCUT2D eigenvalue weighted by Gasteiger charge is 2.12. The van der Waals surface area contributed by atoms with E-state index in [0.29, 0.717) is 25.3 Å². The lowest BCUT2D eigenvalue weighted by molar-refractivity contribution is 0.0926. The third-order valence-corrected chi connectivity index (χ3v) is 4.12. The number of carbonyl (C=O) groups is 1. The zero-order valence-corrected chi connectivity index (χ0v) is 13.4. The highest BCUT2D eigenvalue weighted by Crippen LogP contribution is 2.31. The number of amides is 1. The van der Waals surface area contributed by atoms with E-state index in [1.165, 1.54) is 11.3 Å². The molecule has 1 amide bonds. The molecule has 0 saturated heterocycles. The number of hydrogen-bond donors (Lipinski definition) is 1. The number of nitrogens with one attached hydrogen (secondary N) is 1. The van der Waals surface area contributed by atoms with Gasteiger partial charge in [0.1, 0.15) is 0 Å². The van der Waals surface area contributed by atoms with E-state index < -0.39 is 0 Å². The first kappa shape index (κ1) is 14.9. The second-order valence-corrected chi connectivity index (χ2v) is 7.25. The molecule has 0 radical (unpaired) electrons. The van der Waals surface area contributed by atoms with Gasteiger partial charge in [0.05, 0.1) is 26.4 Å². The number of thiophene rings is 1. The SMILES string of the molecule is C=C(C)COCCNC(=O)c1cc(Br)sc1Br. The number of carbonyl (C=O) groups excluding carboxylic acids is 1.